The number of primary amides is 1. The van der Waals surface area contributed by atoms with E-state index in [2.05, 4.69) is 17.1 Å². The van der Waals surface area contributed by atoms with Crippen LogP contribution in [0.25, 0.3) is 6.08 Å². The van der Waals surface area contributed by atoms with Crippen molar-refractivity contribution in [1.29, 1.82) is 0 Å². The molecule has 0 aliphatic carbocycles. The molecule has 0 saturated carbocycles. The highest BCUT2D eigenvalue weighted by molar-refractivity contribution is 7.17. The molecule has 1 aliphatic rings. The van der Waals surface area contributed by atoms with E-state index in [1.165, 1.54) is 17.4 Å². The van der Waals surface area contributed by atoms with E-state index in [9.17, 15) is 9.59 Å². The molecule has 2 aromatic rings. The fraction of sp³-hybridized carbons (Fsp3) is 0.263. The van der Waals surface area contributed by atoms with Crippen LogP contribution in [0.1, 0.15) is 33.3 Å². The third-order valence-corrected chi connectivity index (χ3v) is 5.43. The summed E-state index contributed by atoms with van der Waals surface area (Å²) in [6, 6.07) is 9.58. The van der Waals surface area contributed by atoms with Gasteiger partial charge in [0.25, 0.3) is 5.91 Å². The summed E-state index contributed by atoms with van der Waals surface area (Å²) >= 11 is 1.45. The highest BCUT2D eigenvalue weighted by Crippen LogP contribution is 2.36. The first-order valence-corrected chi connectivity index (χ1v) is 9.11. The Labute approximate surface area is 151 Å². The third kappa shape index (κ3) is 3.97. The molecule has 1 aliphatic heterocycles. The number of hydrogen-bond donors (Lipinski definition) is 2. The van der Waals surface area contributed by atoms with Gasteiger partial charge in [-0.05, 0) is 30.2 Å². The maximum Gasteiger partial charge on any atom is 0.251 e. The second kappa shape index (κ2) is 7.63. The number of benzene rings is 1. The molecular formula is C19H21N3O2S. The van der Waals surface area contributed by atoms with E-state index >= 15 is 0 Å². The molecule has 6 heteroatoms. The minimum atomic E-state index is -0.482. The maximum absolute atomic E-state index is 12.2. The Bertz CT molecular complexity index is 812. The number of nitrogens with two attached hydrogens (primary N) is 1. The van der Waals surface area contributed by atoms with Gasteiger partial charge in [-0.2, -0.15) is 0 Å². The molecule has 0 unspecified atom stereocenters. The third-order valence-electron chi connectivity index (χ3n) is 4.29. The minimum absolute atomic E-state index is 0.266. The molecule has 0 radical (unpaired) electrons. The zero-order valence-electron chi connectivity index (χ0n) is 14.1. The van der Waals surface area contributed by atoms with Gasteiger partial charge in [-0.15, -0.1) is 11.3 Å². The average Bonchev–Trinajstić information content (AvgIpc) is 2.97. The first-order chi connectivity index (χ1) is 12.1. The minimum Gasteiger partial charge on any atom is -0.365 e. The van der Waals surface area contributed by atoms with Gasteiger partial charge in [0.2, 0.25) is 5.91 Å². The van der Waals surface area contributed by atoms with Gasteiger partial charge in [-0.25, -0.2) is 0 Å². The molecule has 2 amide bonds. The van der Waals surface area contributed by atoms with Crippen molar-refractivity contribution in [2.45, 2.75) is 19.9 Å². The fourth-order valence-corrected chi connectivity index (χ4v) is 4.26. The van der Waals surface area contributed by atoms with Crippen molar-refractivity contribution < 1.29 is 9.59 Å². The van der Waals surface area contributed by atoms with Gasteiger partial charge in [0.15, 0.2) is 0 Å². The van der Waals surface area contributed by atoms with Crippen LogP contribution in [0.3, 0.4) is 0 Å². The smallest absolute Gasteiger partial charge is 0.251 e. The lowest BCUT2D eigenvalue weighted by Gasteiger charge is -2.25. The zero-order chi connectivity index (χ0) is 17.8. The molecule has 0 fully saturated rings. The number of thiophene rings is 1. The predicted molar refractivity (Wildman–Crippen MR) is 102 cm³/mol. The van der Waals surface area contributed by atoms with Crippen molar-refractivity contribution in [2.75, 3.05) is 18.4 Å². The molecular weight excluding hydrogens is 334 g/mol. The summed E-state index contributed by atoms with van der Waals surface area (Å²) < 4.78 is 0. The maximum atomic E-state index is 12.2. The summed E-state index contributed by atoms with van der Waals surface area (Å²) in [5.41, 5.74) is 7.98. The molecule has 0 atom stereocenters. The van der Waals surface area contributed by atoms with Crippen LogP contribution in [0.5, 0.6) is 0 Å². The standard InChI is InChI=1S/C19H21N3O2S/c1-2-22-11-10-14-15(12-22)25-19(17(14)18(20)24)21-16(23)9-8-13-6-4-3-5-7-13/h3-9H,2,10-12H2,1H3,(H2,20,24)(H,21,23). The number of hydrogen-bond acceptors (Lipinski definition) is 4. The normalized spacial score (nSPS) is 14.4. The topological polar surface area (TPSA) is 75.4 Å². The number of likely N-dealkylation sites (N-methyl/N-ethyl adjacent to an activating group) is 1. The Morgan fingerprint density at radius 3 is 2.76 bits per heavy atom. The monoisotopic (exact) mass is 355 g/mol. The number of rotatable bonds is 5. The van der Waals surface area contributed by atoms with Crippen molar-refractivity contribution in [1.82, 2.24) is 4.90 Å². The van der Waals surface area contributed by atoms with Crippen molar-refractivity contribution in [3.63, 3.8) is 0 Å². The van der Waals surface area contributed by atoms with Crippen molar-refractivity contribution in [3.05, 3.63) is 58.0 Å². The summed E-state index contributed by atoms with van der Waals surface area (Å²) in [5, 5.41) is 3.38. The van der Waals surface area contributed by atoms with Crippen LogP contribution >= 0.6 is 11.3 Å². The van der Waals surface area contributed by atoms with Crippen LogP contribution in [0.2, 0.25) is 0 Å². The van der Waals surface area contributed by atoms with Crippen molar-refractivity contribution >= 4 is 34.2 Å². The van der Waals surface area contributed by atoms with Crippen LogP contribution in [0.4, 0.5) is 5.00 Å². The number of anilines is 1. The molecule has 2 heterocycles. The number of amides is 2. The number of carbonyl (C=O) groups excluding carboxylic acids is 2. The van der Waals surface area contributed by atoms with Crippen LogP contribution in [0, 0.1) is 0 Å². The van der Waals surface area contributed by atoms with Crippen molar-refractivity contribution in [2.24, 2.45) is 5.73 Å². The molecule has 3 rings (SSSR count). The van der Waals surface area contributed by atoms with E-state index in [0.717, 1.165) is 42.1 Å². The Kier molecular flexibility index (Phi) is 5.31. The van der Waals surface area contributed by atoms with Crippen molar-refractivity contribution in [3.8, 4) is 0 Å². The van der Waals surface area contributed by atoms with Crippen LogP contribution in [-0.2, 0) is 17.8 Å². The molecule has 130 valence electrons. The summed E-state index contributed by atoms with van der Waals surface area (Å²) in [4.78, 5) is 27.6. The van der Waals surface area contributed by atoms with Gasteiger partial charge in [-0.3, -0.25) is 14.5 Å². The number of fused-ring (bicyclic) bond motifs is 1. The summed E-state index contributed by atoms with van der Waals surface area (Å²) in [5.74, 6) is -0.748. The van der Waals surface area contributed by atoms with Gasteiger partial charge in [0.1, 0.15) is 5.00 Å². The van der Waals surface area contributed by atoms with E-state index in [1.54, 1.807) is 6.08 Å². The van der Waals surface area contributed by atoms with Gasteiger partial charge in [0.05, 0.1) is 5.56 Å². The number of carbonyl (C=O) groups is 2. The fourth-order valence-electron chi connectivity index (χ4n) is 2.96. The van der Waals surface area contributed by atoms with E-state index in [0.29, 0.717) is 10.6 Å². The molecule has 0 saturated heterocycles. The lowest BCUT2D eigenvalue weighted by molar-refractivity contribution is -0.111. The van der Waals surface area contributed by atoms with Crippen LogP contribution < -0.4 is 11.1 Å². The van der Waals surface area contributed by atoms with Gasteiger partial charge in [0, 0.05) is 24.0 Å². The molecule has 1 aromatic heterocycles. The second-order valence-electron chi connectivity index (χ2n) is 5.92. The summed E-state index contributed by atoms with van der Waals surface area (Å²) in [6.45, 7) is 4.78. The Hall–Kier alpha value is -2.44. The zero-order valence-corrected chi connectivity index (χ0v) is 14.9. The Morgan fingerprint density at radius 1 is 1.32 bits per heavy atom. The quantitative estimate of drug-likeness (QED) is 0.810. The molecule has 0 bridgehead atoms. The first-order valence-electron chi connectivity index (χ1n) is 8.29. The second-order valence-corrected chi connectivity index (χ2v) is 7.03. The SMILES string of the molecule is CCN1CCc2c(sc(NC(=O)C=Cc3ccccc3)c2C(N)=O)C1. The van der Waals surface area contributed by atoms with E-state index in [-0.39, 0.29) is 5.91 Å². The Balaban J connectivity index is 1.80. The number of nitrogens with one attached hydrogen (secondary N) is 1. The lowest BCUT2D eigenvalue weighted by atomic mass is 10.0. The van der Waals surface area contributed by atoms with Gasteiger partial charge < -0.3 is 11.1 Å². The molecule has 3 N–H and O–H groups in total. The van der Waals surface area contributed by atoms with Gasteiger partial charge in [-0.1, -0.05) is 37.3 Å². The number of nitrogens with zero attached hydrogens (tertiary/aromatic N) is 1. The van der Waals surface area contributed by atoms with Gasteiger partial charge >= 0.3 is 0 Å². The average molecular weight is 355 g/mol. The highest BCUT2D eigenvalue weighted by Gasteiger charge is 2.26. The molecule has 1 aromatic carbocycles. The molecule has 5 nitrogen and oxygen atoms in total. The molecule has 0 spiro atoms. The first kappa shape index (κ1) is 17.4. The van der Waals surface area contributed by atoms with E-state index in [4.69, 9.17) is 5.73 Å². The highest BCUT2D eigenvalue weighted by atomic mass is 32.1. The molecule has 25 heavy (non-hydrogen) atoms. The lowest BCUT2D eigenvalue weighted by Crippen LogP contribution is -2.30. The summed E-state index contributed by atoms with van der Waals surface area (Å²) in [7, 11) is 0. The van der Waals surface area contributed by atoms with Crippen LogP contribution in [-0.4, -0.2) is 29.8 Å². The van der Waals surface area contributed by atoms with E-state index in [1.807, 2.05) is 30.3 Å². The predicted octanol–water partition coefficient (Wildman–Crippen LogP) is 2.88. The Morgan fingerprint density at radius 2 is 2.08 bits per heavy atom. The largest absolute Gasteiger partial charge is 0.365 e. The van der Waals surface area contributed by atoms with E-state index < -0.39 is 5.91 Å². The van der Waals surface area contributed by atoms with Crippen LogP contribution in [0.15, 0.2) is 36.4 Å². The summed E-state index contributed by atoms with van der Waals surface area (Å²) in [6.07, 6.45) is 4.00.